The molecule has 1 rings (SSSR count). The molecule has 0 aromatic rings. The number of hydrogen-bond donors (Lipinski definition) is 0. The second kappa shape index (κ2) is 12.7. The predicted octanol–water partition coefficient (Wildman–Crippen LogP) is 6.16. The Balaban J connectivity index is 2.25. The van der Waals surface area contributed by atoms with Crippen LogP contribution in [0.4, 0.5) is 0 Å². The normalized spacial score (nSPS) is 21.8. The summed E-state index contributed by atoms with van der Waals surface area (Å²) < 4.78 is 17.2. The fourth-order valence-corrected chi connectivity index (χ4v) is 3.80. The smallest absolute Gasteiger partial charge is 0.305 e. The Morgan fingerprint density at radius 2 is 1.46 bits per heavy atom. The SMILES string of the molecule is CCCCCCCCCCC[C@@]1(CCCC(=O)OCC)COC(C)(C)O1. The molecule has 1 saturated heterocycles. The summed E-state index contributed by atoms with van der Waals surface area (Å²) >= 11 is 0. The molecule has 0 spiro atoms. The lowest BCUT2D eigenvalue weighted by molar-refractivity contribution is -0.164. The van der Waals surface area contributed by atoms with Gasteiger partial charge in [0, 0.05) is 6.42 Å². The Bertz CT molecular complexity index is 380. The molecule has 1 atom stereocenters. The minimum absolute atomic E-state index is 0.108. The van der Waals surface area contributed by atoms with Crippen LogP contribution in [0.3, 0.4) is 0 Å². The van der Waals surface area contributed by atoms with Gasteiger partial charge < -0.3 is 14.2 Å². The molecule has 0 aromatic heterocycles. The number of esters is 1. The first-order chi connectivity index (χ1) is 12.4. The van der Waals surface area contributed by atoms with E-state index in [2.05, 4.69) is 6.92 Å². The molecule has 0 radical (unpaired) electrons. The van der Waals surface area contributed by atoms with Gasteiger partial charge >= 0.3 is 5.97 Å². The number of carbonyl (C=O) groups is 1. The molecule has 0 amide bonds. The molecule has 154 valence electrons. The highest BCUT2D eigenvalue weighted by atomic mass is 16.8. The summed E-state index contributed by atoms with van der Waals surface area (Å²) in [7, 11) is 0. The van der Waals surface area contributed by atoms with E-state index in [0.29, 0.717) is 19.6 Å². The van der Waals surface area contributed by atoms with E-state index < -0.39 is 5.79 Å². The van der Waals surface area contributed by atoms with Gasteiger partial charge in [-0.05, 0) is 40.0 Å². The largest absolute Gasteiger partial charge is 0.466 e. The topological polar surface area (TPSA) is 44.8 Å². The first-order valence-electron chi connectivity index (χ1n) is 10.9. The van der Waals surface area contributed by atoms with Crippen molar-refractivity contribution in [2.75, 3.05) is 13.2 Å². The number of rotatable bonds is 15. The van der Waals surface area contributed by atoms with Crippen molar-refractivity contribution in [2.45, 2.75) is 123 Å². The third kappa shape index (κ3) is 9.91. The van der Waals surface area contributed by atoms with Gasteiger partial charge in [-0.3, -0.25) is 4.79 Å². The maximum atomic E-state index is 11.6. The molecule has 1 fully saturated rings. The first kappa shape index (κ1) is 23.4. The lowest BCUT2D eigenvalue weighted by Gasteiger charge is -2.29. The average Bonchev–Trinajstić information content (AvgIpc) is 2.89. The Morgan fingerprint density at radius 1 is 0.885 bits per heavy atom. The molecule has 1 aliphatic rings. The molecule has 0 aliphatic carbocycles. The lowest BCUT2D eigenvalue weighted by Crippen LogP contribution is -2.34. The van der Waals surface area contributed by atoms with Crippen molar-refractivity contribution < 1.29 is 19.0 Å². The van der Waals surface area contributed by atoms with E-state index in [1.165, 1.54) is 57.8 Å². The van der Waals surface area contributed by atoms with Crippen LogP contribution >= 0.6 is 0 Å². The predicted molar refractivity (Wildman–Crippen MR) is 106 cm³/mol. The highest BCUT2D eigenvalue weighted by Gasteiger charge is 2.44. The van der Waals surface area contributed by atoms with Gasteiger partial charge in [0.25, 0.3) is 0 Å². The Labute approximate surface area is 161 Å². The molecule has 0 unspecified atom stereocenters. The molecule has 0 saturated carbocycles. The number of hydrogen-bond acceptors (Lipinski definition) is 4. The van der Waals surface area contributed by atoms with Crippen LogP contribution in [0, 0.1) is 0 Å². The standard InChI is InChI=1S/C22H42O4/c1-5-7-8-9-10-11-12-13-14-17-22(19-25-21(3,4)26-22)18-15-16-20(23)24-6-2/h5-19H2,1-4H3/t22-/m1/s1. The number of ether oxygens (including phenoxy) is 3. The van der Waals surface area contributed by atoms with Gasteiger partial charge in [0.15, 0.2) is 5.79 Å². The van der Waals surface area contributed by atoms with Crippen molar-refractivity contribution in [1.29, 1.82) is 0 Å². The maximum Gasteiger partial charge on any atom is 0.305 e. The monoisotopic (exact) mass is 370 g/mol. The average molecular weight is 371 g/mol. The van der Waals surface area contributed by atoms with Crippen molar-refractivity contribution in [1.82, 2.24) is 0 Å². The summed E-state index contributed by atoms with van der Waals surface area (Å²) in [5.41, 5.74) is -0.225. The molecular formula is C22H42O4. The van der Waals surface area contributed by atoms with Gasteiger partial charge in [0.2, 0.25) is 0 Å². The minimum atomic E-state index is -0.511. The van der Waals surface area contributed by atoms with Crippen LogP contribution in [0.1, 0.15) is 111 Å². The van der Waals surface area contributed by atoms with Crippen LogP contribution in [-0.4, -0.2) is 30.6 Å². The van der Waals surface area contributed by atoms with E-state index in [4.69, 9.17) is 14.2 Å². The fraction of sp³-hybridized carbons (Fsp3) is 0.955. The maximum absolute atomic E-state index is 11.6. The quantitative estimate of drug-likeness (QED) is 0.256. The molecule has 0 bridgehead atoms. The molecule has 0 aromatic carbocycles. The molecule has 4 heteroatoms. The number of unbranched alkanes of at least 4 members (excludes halogenated alkanes) is 8. The first-order valence-corrected chi connectivity index (χ1v) is 10.9. The van der Waals surface area contributed by atoms with Gasteiger partial charge in [0.05, 0.1) is 18.8 Å². The summed E-state index contributed by atoms with van der Waals surface area (Å²) in [4.78, 5) is 11.6. The van der Waals surface area contributed by atoms with Gasteiger partial charge in [-0.25, -0.2) is 0 Å². The van der Waals surface area contributed by atoms with E-state index in [0.717, 1.165) is 19.3 Å². The molecular weight excluding hydrogens is 328 g/mol. The van der Waals surface area contributed by atoms with Crippen molar-refractivity contribution in [3.05, 3.63) is 0 Å². The van der Waals surface area contributed by atoms with Crippen LogP contribution in [0.15, 0.2) is 0 Å². The van der Waals surface area contributed by atoms with Crippen molar-refractivity contribution in [2.24, 2.45) is 0 Å². The van der Waals surface area contributed by atoms with Gasteiger partial charge in [-0.2, -0.15) is 0 Å². The van der Waals surface area contributed by atoms with Gasteiger partial charge in [0.1, 0.15) is 0 Å². The van der Waals surface area contributed by atoms with Crippen LogP contribution in [0.5, 0.6) is 0 Å². The fourth-order valence-electron chi connectivity index (χ4n) is 3.80. The van der Waals surface area contributed by atoms with Crippen LogP contribution in [-0.2, 0) is 19.0 Å². The van der Waals surface area contributed by atoms with Crippen LogP contribution in [0.25, 0.3) is 0 Å². The van der Waals surface area contributed by atoms with E-state index in [1.807, 2.05) is 20.8 Å². The molecule has 0 N–H and O–H groups in total. The highest BCUT2D eigenvalue weighted by Crippen LogP contribution is 2.38. The Hall–Kier alpha value is -0.610. The molecule has 1 aliphatic heterocycles. The van der Waals surface area contributed by atoms with E-state index >= 15 is 0 Å². The molecule has 26 heavy (non-hydrogen) atoms. The van der Waals surface area contributed by atoms with Crippen LogP contribution in [0.2, 0.25) is 0 Å². The van der Waals surface area contributed by atoms with Crippen molar-refractivity contribution in [3.8, 4) is 0 Å². The summed E-state index contributed by atoms with van der Waals surface area (Å²) in [6.45, 7) is 9.17. The second-order valence-corrected chi connectivity index (χ2v) is 8.21. The minimum Gasteiger partial charge on any atom is -0.466 e. The van der Waals surface area contributed by atoms with Gasteiger partial charge in [-0.1, -0.05) is 64.7 Å². The second-order valence-electron chi connectivity index (χ2n) is 8.21. The molecule has 4 nitrogen and oxygen atoms in total. The van der Waals surface area contributed by atoms with Crippen molar-refractivity contribution in [3.63, 3.8) is 0 Å². The molecule has 1 heterocycles. The zero-order valence-electron chi connectivity index (χ0n) is 17.7. The summed E-state index contributed by atoms with van der Waals surface area (Å²) in [5.74, 6) is -0.618. The van der Waals surface area contributed by atoms with E-state index in [1.54, 1.807) is 0 Å². The van der Waals surface area contributed by atoms with E-state index in [9.17, 15) is 4.79 Å². The number of carbonyl (C=O) groups excluding carboxylic acids is 1. The summed E-state index contributed by atoms with van der Waals surface area (Å²) in [5, 5.41) is 0. The Morgan fingerprint density at radius 3 is 2.00 bits per heavy atom. The Kier molecular flexibility index (Phi) is 11.5. The highest BCUT2D eigenvalue weighted by molar-refractivity contribution is 5.69. The third-order valence-electron chi connectivity index (χ3n) is 5.20. The lowest BCUT2D eigenvalue weighted by atomic mass is 9.90. The van der Waals surface area contributed by atoms with E-state index in [-0.39, 0.29) is 11.6 Å². The summed E-state index contributed by atoms with van der Waals surface area (Å²) in [6.07, 6.45) is 15.1. The summed E-state index contributed by atoms with van der Waals surface area (Å²) in [6, 6.07) is 0. The van der Waals surface area contributed by atoms with Gasteiger partial charge in [-0.15, -0.1) is 0 Å². The zero-order valence-corrected chi connectivity index (χ0v) is 17.7. The van der Waals surface area contributed by atoms with Crippen molar-refractivity contribution >= 4 is 5.97 Å². The van der Waals surface area contributed by atoms with Crippen LogP contribution < -0.4 is 0 Å². The third-order valence-corrected chi connectivity index (χ3v) is 5.20. The zero-order chi connectivity index (χ0) is 19.3.